The minimum atomic E-state index is -1.04. The molecule has 0 spiro atoms. The number of fused-ring (bicyclic) bond motifs is 1. The first-order valence-corrected chi connectivity index (χ1v) is 5.65. The van der Waals surface area contributed by atoms with Crippen LogP contribution in [0.1, 0.15) is 17.3 Å². The molecule has 18 heavy (non-hydrogen) atoms. The smallest absolute Gasteiger partial charge is 0.339 e. The van der Waals surface area contributed by atoms with E-state index in [2.05, 4.69) is 0 Å². The van der Waals surface area contributed by atoms with E-state index in [1.165, 1.54) is 0 Å². The molecule has 94 valence electrons. The molecule has 0 saturated heterocycles. The minimum Gasteiger partial charge on any atom is -0.487 e. The van der Waals surface area contributed by atoms with E-state index in [9.17, 15) is 4.79 Å². The van der Waals surface area contributed by atoms with Crippen molar-refractivity contribution in [2.75, 3.05) is 6.61 Å². The number of ether oxygens (including phenoxy) is 1. The summed E-state index contributed by atoms with van der Waals surface area (Å²) in [6, 6.07) is 10.7. The standard InChI is InChI=1S/C14H14O4/c1-9(8-15)18-13-7-11-5-3-2-4-10(11)6-12(13)14(16)17/h2-7,9,15H,8H2,1H3,(H,16,17). The number of benzene rings is 2. The summed E-state index contributed by atoms with van der Waals surface area (Å²) in [5.41, 5.74) is 0.106. The molecule has 2 aromatic rings. The summed E-state index contributed by atoms with van der Waals surface area (Å²) in [7, 11) is 0. The van der Waals surface area contributed by atoms with Gasteiger partial charge in [-0.2, -0.15) is 0 Å². The van der Waals surface area contributed by atoms with Crippen molar-refractivity contribution in [1.29, 1.82) is 0 Å². The molecule has 0 aromatic heterocycles. The molecular weight excluding hydrogens is 232 g/mol. The molecule has 0 amide bonds. The molecule has 1 atom stereocenters. The van der Waals surface area contributed by atoms with E-state index >= 15 is 0 Å². The molecule has 1 unspecified atom stereocenters. The van der Waals surface area contributed by atoms with Crippen LogP contribution >= 0.6 is 0 Å². The predicted octanol–water partition coefficient (Wildman–Crippen LogP) is 2.30. The van der Waals surface area contributed by atoms with E-state index in [-0.39, 0.29) is 17.9 Å². The number of aliphatic hydroxyl groups excluding tert-OH is 1. The Morgan fingerprint density at radius 2 is 1.89 bits per heavy atom. The summed E-state index contributed by atoms with van der Waals surface area (Å²) in [5, 5.41) is 19.9. The molecule has 0 fully saturated rings. The maximum Gasteiger partial charge on any atom is 0.339 e. The summed E-state index contributed by atoms with van der Waals surface area (Å²) in [4.78, 5) is 11.2. The molecule has 0 bridgehead atoms. The fourth-order valence-electron chi connectivity index (χ4n) is 1.74. The van der Waals surface area contributed by atoms with Crippen LogP contribution < -0.4 is 4.74 Å². The van der Waals surface area contributed by atoms with Gasteiger partial charge in [-0.05, 0) is 29.8 Å². The maximum atomic E-state index is 11.2. The number of hydrogen-bond acceptors (Lipinski definition) is 3. The number of hydrogen-bond donors (Lipinski definition) is 2. The van der Waals surface area contributed by atoms with Crippen LogP contribution in [0.5, 0.6) is 5.75 Å². The van der Waals surface area contributed by atoms with E-state index < -0.39 is 12.1 Å². The monoisotopic (exact) mass is 246 g/mol. The Kier molecular flexibility index (Phi) is 3.48. The fraction of sp³-hybridized carbons (Fsp3) is 0.214. The van der Waals surface area contributed by atoms with Gasteiger partial charge in [0.25, 0.3) is 0 Å². The lowest BCUT2D eigenvalue weighted by atomic mass is 10.1. The zero-order valence-corrected chi connectivity index (χ0v) is 9.96. The van der Waals surface area contributed by atoms with Gasteiger partial charge in [-0.25, -0.2) is 4.79 Å². The van der Waals surface area contributed by atoms with Crippen molar-refractivity contribution < 1.29 is 19.7 Å². The predicted molar refractivity (Wildman–Crippen MR) is 68.1 cm³/mol. The summed E-state index contributed by atoms with van der Waals surface area (Å²) in [6.45, 7) is 1.52. The van der Waals surface area contributed by atoms with Gasteiger partial charge in [0.1, 0.15) is 17.4 Å². The second-order valence-corrected chi connectivity index (χ2v) is 4.11. The van der Waals surface area contributed by atoms with Gasteiger partial charge in [-0.15, -0.1) is 0 Å². The molecule has 0 heterocycles. The van der Waals surface area contributed by atoms with Crippen LogP contribution in [0.4, 0.5) is 0 Å². The highest BCUT2D eigenvalue weighted by Crippen LogP contribution is 2.27. The molecule has 4 heteroatoms. The largest absolute Gasteiger partial charge is 0.487 e. The normalized spacial score (nSPS) is 12.3. The first-order chi connectivity index (χ1) is 8.61. The van der Waals surface area contributed by atoms with E-state index in [1.807, 2.05) is 24.3 Å². The zero-order valence-electron chi connectivity index (χ0n) is 9.96. The van der Waals surface area contributed by atoms with Gasteiger partial charge < -0.3 is 14.9 Å². The van der Waals surface area contributed by atoms with Crippen molar-refractivity contribution in [2.45, 2.75) is 13.0 Å². The highest BCUT2D eigenvalue weighted by Gasteiger charge is 2.14. The molecule has 0 saturated carbocycles. The first-order valence-electron chi connectivity index (χ1n) is 5.65. The van der Waals surface area contributed by atoms with Crippen LogP contribution in [-0.2, 0) is 0 Å². The Labute approximate surface area is 104 Å². The molecule has 4 nitrogen and oxygen atoms in total. The highest BCUT2D eigenvalue weighted by molar-refractivity contribution is 5.97. The second kappa shape index (κ2) is 5.06. The van der Waals surface area contributed by atoms with E-state index in [0.29, 0.717) is 0 Å². The topological polar surface area (TPSA) is 66.8 Å². The first kappa shape index (κ1) is 12.4. The summed E-state index contributed by atoms with van der Waals surface area (Å²) < 4.78 is 5.43. The summed E-state index contributed by atoms with van der Waals surface area (Å²) in [6.07, 6.45) is -0.440. The molecule has 0 aliphatic heterocycles. The van der Waals surface area contributed by atoms with Crippen LogP contribution in [0, 0.1) is 0 Å². The Morgan fingerprint density at radius 1 is 1.28 bits per heavy atom. The lowest BCUT2D eigenvalue weighted by molar-refractivity contribution is 0.0684. The zero-order chi connectivity index (χ0) is 13.1. The van der Waals surface area contributed by atoms with Gasteiger partial charge in [-0.3, -0.25) is 0 Å². The van der Waals surface area contributed by atoms with Gasteiger partial charge in [0.05, 0.1) is 6.61 Å². The van der Waals surface area contributed by atoms with Crippen LogP contribution in [0.25, 0.3) is 10.8 Å². The maximum absolute atomic E-state index is 11.2. The lowest BCUT2D eigenvalue weighted by Crippen LogP contribution is -2.18. The van der Waals surface area contributed by atoms with Gasteiger partial charge in [0.2, 0.25) is 0 Å². The van der Waals surface area contributed by atoms with Crippen LogP contribution in [-0.4, -0.2) is 28.9 Å². The Bertz CT molecular complexity index is 577. The average Bonchev–Trinajstić information content (AvgIpc) is 2.37. The van der Waals surface area contributed by atoms with Gasteiger partial charge in [0.15, 0.2) is 0 Å². The molecule has 0 aliphatic carbocycles. The number of aliphatic hydroxyl groups is 1. The van der Waals surface area contributed by atoms with Crippen molar-refractivity contribution in [3.8, 4) is 5.75 Å². The molecule has 2 rings (SSSR count). The molecule has 0 radical (unpaired) electrons. The number of carbonyl (C=O) groups is 1. The van der Waals surface area contributed by atoms with Crippen molar-refractivity contribution in [3.05, 3.63) is 42.0 Å². The van der Waals surface area contributed by atoms with E-state index in [4.69, 9.17) is 14.9 Å². The summed E-state index contributed by atoms with van der Waals surface area (Å²) >= 11 is 0. The average molecular weight is 246 g/mol. The third-order valence-electron chi connectivity index (χ3n) is 2.66. The Morgan fingerprint density at radius 3 is 2.44 bits per heavy atom. The number of aromatic carboxylic acids is 1. The lowest BCUT2D eigenvalue weighted by Gasteiger charge is -2.15. The van der Waals surface area contributed by atoms with Crippen molar-refractivity contribution in [1.82, 2.24) is 0 Å². The van der Waals surface area contributed by atoms with Gasteiger partial charge >= 0.3 is 5.97 Å². The fourth-order valence-corrected chi connectivity index (χ4v) is 1.74. The van der Waals surface area contributed by atoms with Crippen molar-refractivity contribution in [3.63, 3.8) is 0 Å². The highest BCUT2D eigenvalue weighted by atomic mass is 16.5. The van der Waals surface area contributed by atoms with Crippen LogP contribution in [0.15, 0.2) is 36.4 Å². The SMILES string of the molecule is CC(CO)Oc1cc2ccccc2cc1C(=O)O. The summed E-state index contributed by atoms with van der Waals surface area (Å²) in [5.74, 6) is -0.761. The second-order valence-electron chi connectivity index (χ2n) is 4.11. The van der Waals surface area contributed by atoms with E-state index in [0.717, 1.165) is 10.8 Å². The van der Waals surface area contributed by atoms with Crippen molar-refractivity contribution in [2.24, 2.45) is 0 Å². The molecular formula is C14H14O4. The minimum absolute atomic E-state index is 0.106. The quantitative estimate of drug-likeness (QED) is 0.868. The molecule has 0 aliphatic rings. The third-order valence-corrected chi connectivity index (χ3v) is 2.66. The van der Waals surface area contributed by atoms with Gasteiger partial charge in [-0.1, -0.05) is 24.3 Å². The van der Waals surface area contributed by atoms with Crippen molar-refractivity contribution >= 4 is 16.7 Å². The van der Waals surface area contributed by atoms with Crippen LogP contribution in [0.3, 0.4) is 0 Å². The number of carboxylic acids is 1. The Balaban J connectivity index is 2.54. The third kappa shape index (κ3) is 2.43. The molecule has 2 aromatic carbocycles. The number of carboxylic acid groups (broad SMARTS) is 1. The van der Waals surface area contributed by atoms with E-state index in [1.54, 1.807) is 19.1 Å². The number of rotatable bonds is 4. The van der Waals surface area contributed by atoms with Crippen LogP contribution in [0.2, 0.25) is 0 Å². The molecule has 2 N–H and O–H groups in total. The van der Waals surface area contributed by atoms with Gasteiger partial charge in [0, 0.05) is 0 Å². The Hall–Kier alpha value is -2.07.